The third-order valence-electron chi connectivity index (χ3n) is 4.43. The highest BCUT2D eigenvalue weighted by Gasteiger charge is 2.39. The quantitative estimate of drug-likeness (QED) is 0.467. The van der Waals surface area contributed by atoms with Crippen LogP contribution < -0.4 is 10.6 Å². The van der Waals surface area contributed by atoms with Gasteiger partial charge < -0.3 is 20.1 Å². The number of ether oxygens (including phenoxy) is 2. The van der Waals surface area contributed by atoms with Crippen LogP contribution in [0.15, 0.2) is 54.2 Å². The second kappa shape index (κ2) is 7.79. The molecule has 1 amide bonds. The molecule has 150 valence electrons. The number of anilines is 2. The van der Waals surface area contributed by atoms with Gasteiger partial charge in [0.25, 0.3) is 11.7 Å². The predicted octanol–water partition coefficient (Wildman–Crippen LogP) is 3.69. The molecular formula is C22H22N2O5. The van der Waals surface area contributed by atoms with Gasteiger partial charge in [0.05, 0.1) is 11.3 Å². The summed E-state index contributed by atoms with van der Waals surface area (Å²) >= 11 is 0. The highest BCUT2D eigenvalue weighted by atomic mass is 16.7. The standard InChI is InChI=1S/C22H22N2O5/c1-13-9-10-15(11-14(13)2)24-19(25)16-7-5-6-8-18(16)23-12-17-20(26)28-22(3,4)29-21(17)27/h5-12,23H,1-4H3,(H,24,25). The number of benzene rings is 2. The van der Waals surface area contributed by atoms with Gasteiger partial charge in [-0.1, -0.05) is 18.2 Å². The third-order valence-corrected chi connectivity index (χ3v) is 4.43. The number of rotatable bonds is 4. The number of amides is 1. The molecule has 2 aromatic carbocycles. The van der Waals surface area contributed by atoms with Gasteiger partial charge in [0.2, 0.25) is 0 Å². The van der Waals surface area contributed by atoms with E-state index in [-0.39, 0.29) is 11.5 Å². The molecule has 2 aromatic rings. The molecule has 0 spiro atoms. The fourth-order valence-electron chi connectivity index (χ4n) is 2.75. The molecule has 0 atom stereocenters. The number of nitrogens with one attached hydrogen (secondary N) is 2. The van der Waals surface area contributed by atoms with Crippen molar-refractivity contribution in [1.29, 1.82) is 0 Å². The molecule has 0 aromatic heterocycles. The van der Waals surface area contributed by atoms with Gasteiger partial charge in [-0.2, -0.15) is 0 Å². The van der Waals surface area contributed by atoms with Crippen molar-refractivity contribution in [3.05, 3.63) is 70.9 Å². The number of cyclic esters (lactones) is 2. The number of para-hydroxylation sites is 1. The van der Waals surface area contributed by atoms with Crippen LogP contribution in [-0.4, -0.2) is 23.6 Å². The highest BCUT2D eigenvalue weighted by Crippen LogP contribution is 2.24. The number of hydrogen-bond donors (Lipinski definition) is 2. The molecule has 0 bridgehead atoms. The lowest BCUT2D eigenvalue weighted by molar-refractivity contribution is -0.222. The van der Waals surface area contributed by atoms with E-state index in [9.17, 15) is 14.4 Å². The normalized spacial score (nSPS) is 15.2. The Labute approximate surface area is 168 Å². The monoisotopic (exact) mass is 394 g/mol. The van der Waals surface area contributed by atoms with Crippen LogP contribution in [0.3, 0.4) is 0 Å². The molecule has 1 aliphatic rings. The maximum Gasteiger partial charge on any atom is 0.350 e. The Morgan fingerprint density at radius 2 is 1.62 bits per heavy atom. The molecule has 7 nitrogen and oxygen atoms in total. The molecule has 0 saturated carbocycles. The van der Waals surface area contributed by atoms with Gasteiger partial charge in [-0.15, -0.1) is 0 Å². The van der Waals surface area contributed by atoms with E-state index in [1.54, 1.807) is 24.3 Å². The Hall–Kier alpha value is -3.61. The first-order valence-corrected chi connectivity index (χ1v) is 9.07. The molecule has 1 saturated heterocycles. The topological polar surface area (TPSA) is 93.7 Å². The van der Waals surface area contributed by atoms with Gasteiger partial charge in [0.15, 0.2) is 5.57 Å². The Morgan fingerprint density at radius 1 is 0.966 bits per heavy atom. The van der Waals surface area contributed by atoms with Gasteiger partial charge in [0, 0.05) is 25.7 Å². The second-order valence-corrected chi connectivity index (χ2v) is 7.18. The maximum absolute atomic E-state index is 12.7. The number of hydrogen-bond acceptors (Lipinski definition) is 6. The van der Waals surface area contributed by atoms with Crippen molar-refractivity contribution in [2.45, 2.75) is 33.5 Å². The summed E-state index contributed by atoms with van der Waals surface area (Å²) in [5.74, 6) is -3.23. The first-order valence-electron chi connectivity index (χ1n) is 9.07. The predicted molar refractivity (Wildman–Crippen MR) is 108 cm³/mol. The molecule has 1 aliphatic heterocycles. The highest BCUT2D eigenvalue weighted by molar-refractivity contribution is 6.15. The summed E-state index contributed by atoms with van der Waals surface area (Å²) in [7, 11) is 0. The van der Waals surface area contributed by atoms with Crippen LogP contribution in [0.1, 0.15) is 35.3 Å². The summed E-state index contributed by atoms with van der Waals surface area (Å²) in [4.78, 5) is 36.8. The minimum Gasteiger partial charge on any atom is -0.419 e. The van der Waals surface area contributed by atoms with E-state index < -0.39 is 17.7 Å². The van der Waals surface area contributed by atoms with Gasteiger partial charge in [-0.3, -0.25) is 4.79 Å². The van der Waals surface area contributed by atoms with Crippen LogP contribution in [0.2, 0.25) is 0 Å². The van der Waals surface area contributed by atoms with Crippen molar-refractivity contribution in [2.75, 3.05) is 10.6 Å². The maximum atomic E-state index is 12.7. The number of aryl methyl sites for hydroxylation is 2. The van der Waals surface area contributed by atoms with E-state index in [2.05, 4.69) is 10.6 Å². The minimum atomic E-state index is -1.31. The summed E-state index contributed by atoms with van der Waals surface area (Å²) in [6.45, 7) is 6.91. The lowest BCUT2D eigenvalue weighted by Gasteiger charge is -2.29. The van der Waals surface area contributed by atoms with E-state index in [0.717, 1.165) is 11.1 Å². The van der Waals surface area contributed by atoms with Gasteiger partial charge in [-0.05, 0) is 49.2 Å². The zero-order chi connectivity index (χ0) is 21.2. The smallest absolute Gasteiger partial charge is 0.350 e. The molecule has 1 heterocycles. The molecule has 7 heteroatoms. The fourth-order valence-corrected chi connectivity index (χ4v) is 2.75. The Bertz CT molecular complexity index is 1000. The third kappa shape index (κ3) is 4.63. The van der Waals surface area contributed by atoms with E-state index in [0.29, 0.717) is 16.9 Å². The Morgan fingerprint density at radius 3 is 2.28 bits per heavy atom. The van der Waals surface area contributed by atoms with Crippen LogP contribution in [0.4, 0.5) is 11.4 Å². The SMILES string of the molecule is Cc1ccc(NC(=O)c2ccccc2NC=C2C(=O)OC(C)(C)OC2=O)cc1C. The van der Waals surface area contributed by atoms with E-state index >= 15 is 0 Å². The largest absolute Gasteiger partial charge is 0.419 e. The average Bonchev–Trinajstić information content (AvgIpc) is 2.63. The van der Waals surface area contributed by atoms with Crippen LogP contribution in [0.25, 0.3) is 0 Å². The van der Waals surface area contributed by atoms with E-state index in [1.807, 2.05) is 32.0 Å². The zero-order valence-electron chi connectivity index (χ0n) is 16.7. The number of carbonyl (C=O) groups excluding carboxylic acids is 3. The molecule has 1 fully saturated rings. The van der Waals surface area contributed by atoms with Crippen molar-refractivity contribution in [3.63, 3.8) is 0 Å². The van der Waals surface area contributed by atoms with Crippen LogP contribution >= 0.6 is 0 Å². The van der Waals surface area contributed by atoms with Crippen LogP contribution in [-0.2, 0) is 19.1 Å². The van der Waals surface area contributed by atoms with Crippen molar-refractivity contribution < 1.29 is 23.9 Å². The Kier molecular flexibility index (Phi) is 5.41. The summed E-state index contributed by atoms with van der Waals surface area (Å²) in [5, 5.41) is 5.68. The van der Waals surface area contributed by atoms with Gasteiger partial charge in [-0.25, -0.2) is 9.59 Å². The first-order chi connectivity index (χ1) is 13.7. The molecule has 0 unspecified atom stereocenters. The van der Waals surface area contributed by atoms with Gasteiger partial charge in [0.1, 0.15) is 0 Å². The van der Waals surface area contributed by atoms with E-state index in [1.165, 1.54) is 20.0 Å². The fraction of sp³-hybridized carbons (Fsp3) is 0.227. The molecule has 0 aliphatic carbocycles. The zero-order valence-corrected chi connectivity index (χ0v) is 16.7. The number of carbonyl (C=O) groups is 3. The lowest BCUT2D eigenvalue weighted by atomic mass is 10.1. The number of esters is 2. The summed E-state index contributed by atoms with van der Waals surface area (Å²) < 4.78 is 10.1. The van der Waals surface area contributed by atoms with Crippen molar-refractivity contribution in [2.24, 2.45) is 0 Å². The minimum absolute atomic E-state index is 0.284. The van der Waals surface area contributed by atoms with Crippen molar-refractivity contribution in [3.8, 4) is 0 Å². The van der Waals surface area contributed by atoms with Crippen LogP contribution in [0, 0.1) is 13.8 Å². The summed E-state index contributed by atoms with van der Waals surface area (Å²) in [6, 6.07) is 12.4. The summed E-state index contributed by atoms with van der Waals surface area (Å²) in [6.07, 6.45) is 1.18. The van der Waals surface area contributed by atoms with Gasteiger partial charge >= 0.3 is 11.9 Å². The van der Waals surface area contributed by atoms with Crippen LogP contribution in [0.5, 0.6) is 0 Å². The molecule has 29 heavy (non-hydrogen) atoms. The van der Waals surface area contributed by atoms with E-state index in [4.69, 9.17) is 9.47 Å². The molecule has 0 radical (unpaired) electrons. The van der Waals surface area contributed by atoms with Crippen molar-refractivity contribution >= 4 is 29.2 Å². The molecule has 3 rings (SSSR count). The molecular weight excluding hydrogens is 372 g/mol. The van der Waals surface area contributed by atoms with Crippen molar-refractivity contribution in [1.82, 2.24) is 0 Å². The first kappa shape index (κ1) is 20.1. The lowest BCUT2D eigenvalue weighted by Crippen LogP contribution is -2.42. The summed E-state index contributed by atoms with van der Waals surface area (Å²) in [5.41, 5.74) is 3.36. The average molecular weight is 394 g/mol. The molecule has 2 N–H and O–H groups in total. The second-order valence-electron chi connectivity index (χ2n) is 7.18. The Balaban J connectivity index is 1.80.